The normalized spacial score (nSPS) is 22.2. The van der Waals surface area contributed by atoms with Crippen LogP contribution in [0.5, 0.6) is 0 Å². The zero-order valence-electron chi connectivity index (χ0n) is 14.4. The van der Waals surface area contributed by atoms with Gasteiger partial charge in [-0.25, -0.2) is 4.98 Å². The Balaban J connectivity index is 1.48. The average molecular weight is 340 g/mol. The Hall–Kier alpha value is -2.05. The number of ether oxygens (including phenoxy) is 1. The second kappa shape index (κ2) is 7.45. The molecule has 0 radical (unpaired) electrons. The van der Waals surface area contributed by atoms with Crippen LogP contribution >= 0.6 is 0 Å². The maximum absolute atomic E-state index is 12.9. The Morgan fingerprint density at radius 2 is 1.92 bits per heavy atom. The van der Waals surface area contributed by atoms with Gasteiger partial charge in [-0.1, -0.05) is 12.1 Å². The van der Waals surface area contributed by atoms with Crippen molar-refractivity contribution in [2.45, 2.75) is 25.4 Å². The highest BCUT2D eigenvalue weighted by molar-refractivity contribution is 5.93. The summed E-state index contributed by atoms with van der Waals surface area (Å²) < 4.78 is 5.98. The molecule has 25 heavy (non-hydrogen) atoms. The minimum absolute atomic E-state index is 0.0461. The molecule has 1 atom stereocenters. The quantitative estimate of drug-likeness (QED) is 0.855. The molecule has 2 fully saturated rings. The number of nitrogens with zero attached hydrogens (tertiary/aromatic N) is 4. The second-order valence-electron chi connectivity index (χ2n) is 6.85. The molecule has 6 heteroatoms. The Morgan fingerprint density at radius 3 is 2.76 bits per heavy atom. The van der Waals surface area contributed by atoms with Crippen molar-refractivity contribution in [2.24, 2.45) is 0 Å². The van der Waals surface area contributed by atoms with E-state index in [-0.39, 0.29) is 12.0 Å². The molecule has 1 aromatic heterocycles. The molecule has 6 nitrogen and oxygen atoms in total. The summed E-state index contributed by atoms with van der Waals surface area (Å²) in [6, 6.07) is 7.63. The molecule has 2 saturated heterocycles. The number of rotatable bonds is 3. The number of hydrogen-bond acceptors (Lipinski definition) is 5. The number of hydrogen-bond donors (Lipinski definition) is 0. The molecule has 0 aliphatic carbocycles. The summed E-state index contributed by atoms with van der Waals surface area (Å²) in [5, 5.41) is 0. The summed E-state index contributed by atoms with van der Waals surface area (Å²) >= 11 is 0. The van der Waals surface area contributed by atoms with E-state index in [4.69, 9.17) is 4.74 Å². The van der Waals surface area contributed by atoms with E-state index in [2.05, 4.69) is 14.9 Å². The fourth-order valence-electron chi connectivity index (χ4n) is 3.67. The van der Waals surface area contributed by atoms with Crippen LogP contribution in [0.25, 0.3) is 11.0 Å². The van der Waals surface area contributed by atoms with E-state index in [9.17, 15) is 4.79 Å². The number of carbonyl (C=O) groups is 1. The fourth-order valence-corrected chi connectivity index (χ4v) is 3.67. The molecule has 0 N–H and O–H groups in total. The largest absolute Gasteiger partial charge is 0.375 e. The van der Waals surface area contributed by atoms with E-state index >= 15 is 0 Å². The van der Waals surface area contributed by atoms with Crippen LogP contribution in [0.4, 0.5) is 0 Å². The number of aromatic nitrogens is 2. The van der Waals surface area contributed by atoms with Gasteiger partial charge < -0.3 is 14.5 Å². The third-order valence-electron chi connectivity index (χ3n) is 4.97. The van der Waals surface area contributed by atoms with Gasteiger partial charge in [0, 0.05) is 26.2 Å². The number of amides is 1. The van der Waals surface area contributed by atoms with Crippen LogP contribution in [-0.4, -0.2) is 71.1 Å². The molecule has 4 rings (SSSR count). The van der Waals surface area contributed by atoms with Crippen molar-refractivity contribution in [2.75, 3.05) is 39.3 Å². The second-order valence-corrected chi connectivity index (χ2v) is 6.85. The van der Waals surface area contributed by atoms with Crippen LogP contribution < -0.4 is 0 Å². The van der Waals surface area contributed by atoms with Crippen molar-refractivity contribution in [3.63, 3.8) is 0 Å². The van der Waals surface area contributed by atoms with Gasteiger partial charge in [-0.05, 0) is 44.5 Å². The highest BCUT2D eigenvalue weighted by Crippen LogP contribution is 2.15. The molecule has 2 aromatic rings. The molecule has 1 amide bonds. The van der Waals surface area contributed by atoms with Gasteiger partial charge in [-0.2, -0.15) is 0 Å². The Morgan fingerprint density at radius 1 is 1.12 bits per heavy atom. The molecule has 0 bridgehead atoms. The Kier molecular flexibility index (Phi) is 4.90. The lowest BCUT2D eigenvalue weighted by atomic mass is 10.2. The first-order valence-electron chi connectivity index (χ1n) is 9.14. The molecule has 0 spiro atoms. The first-order chi connectivity index (χ1) is 12.3. The van der Waals surface area contributed by atoms with Crippen molar-refractivity contribution >= 4 is 16.9 Å². The average Bonchev–Trinajstić information content (AvgIpc) is 3.05. The van der Waals surface area contributed by atoms with Crippen molar-refractivity contribution in [1.29, 1.82) is 0 Å². The van der Waals surface area contributed by atoms with Gasteiger partial charge in [0.15, 0.2) is 0 Å². The smallest absolute Gasteiger partial charge is 0.274 e. The summed E-state index contributed by atoms with van der Waals surface area (Å²) in [7, 11) is 0. The summed E-state index contributed by atoms with van der Waals surface area (Å²) in [6.45, 7) is 5.25. The maximum atomic E-state index is 12.9. The SMILES string of the molecule is O=C(c1cnc2ccccc2n1)N1CCCO[C@@H](CN2CCCC2)C1. The highest BCUT2D eigenvalue weighted by Gasteiger charge is 2.26. The Labute approximate surface area is 147 Å². The maximum Gasteiger partial charge on any atom is 0.274 e. The van der Waals surface area contributed by atoms with Gasteiger partial charge in [0.25, 0.3) is 5.91 Å². The third-order valence-corrected chi connectivity index (χ3v) is 4.97. The zero-order valence-corrected chi connectivity index (χ0v) is 14.4. The summed E-state index contributed by atoms with van der Waals surface area (Å²) in [5.41, 5.74) is 1.98. The van der Waals surface area contributed by atoms with E-state index in [1.807, 2.05) is 29.2 Å². The zero-order chi connectivity index (χ0) is 17.1. The predicted molar refractivity (Wildman–Crippen MR) is 95.5 cm³/mol. The van der Waals surface area contributed by atoms with E-state index in [1.165, 1.54) is 12.8 Å². The van der Waals surface area contributed by atoms with E-state index in [1.54, 1.807) is 6.20 Å². The standard InChI is InChI=1S/C19H24N4O2/c24-19(18-12-20-16-6-1-2-7-17(16)21-18)23-10-5-11-25-15(14-23)13-22-8-3-4-9-22/h1-2,6-7,12,15H,3-5,8-11,13-14H2/t15-/m0/s1. The lowest BCUT2D eigenvalue weighted by Crippen LogP contribution is -2.42. The molecular formula is C19H24N4O2. The predicted octanol–water partition coefficient (Wildman–Crippen LogP) is 1.96. The molecule has 2 aliphatic rings. The topological polar surface area (TPSA) is 58.6 Å². The lowest BCUT2D eigenvalue weighted by Gasteiger charge is -2.26. The van der Waals surface area contributed by atoms with Crippen molar-refractivity contribution in [3.05, 3.63) is 36.2 Å². The third kappa shape index (κ3) is 3.80. The molecule has 2 aliphatic heterocycles. The Bertz CT molecular complexity index is 745. The van der Waals surface area contributed by atoms with E-state index in [0.29, 0.717) is 25.4 Å². The number of para-hydroxylation sites is 2. The highest BCUT2D eigenvalue weighted by atomic mass is 16.5. The number of likely N-dealkylation sites (tertiary alicyclic amines) is 1. The molecule has 0 unspecified atom stereocenters. The first-order valence-corrected chi connectivity index (χ1v) is 9.14. The van der Waals surface area contributed by atoms with Gasteiger partial charge in [0.2, 0.25) is 0 Å². The summed E-state index contributed by atoms with van der Waals surface area (Å²) in [5.74, 6) is -0.0461. The van der Waals surface area contributed by atoms with Gasteiger partial charge in [-0.3, -0.25) is 9.78 Å². The van der Waals surface area contributed by atoms with Gasteiger partial charge >= 0.3 is 0 Å². The monoisotopic (exact) mass is 340 g/mol. The van der Waals surface area contributed by atoms with E-state index < -0.39 is 0 Å². The summed E-state index contributed by atoms with van der Waals surface area (Å²) in [6.07, 6.45) is 5.07. The first kappa shape index (κ1) is 16.4. The lowest BCUT2D eigenvalue weighted by molar-refractivity contribution is 0.0296. The van der Waals surface area contributed by atoms with Crippen LogP contribution in [0.15, 0.2) is 30.5 Å². The van der Waals surface area contributed by atoms with Crippen molar-refractivity contribution in [1.82, 2.24) is 19.8 Å². The minimum Gasteiger partial charge on any atom is -0.375 e. The minimum atomic E-state index is -0.0461. The van der Waals surface area contributed by atoms with Gasteiger partial charge in [0.1, 0.15) is 5.69 Å². The van der Waals surface area contributed by atoms with Crippen LogP contribution in [0.3, 0.4) is 0 Å². The van der Waals surface area contributed by atoms with E-state index in [0.717, 1.165) is 37.1 Å². The summed E-state index contributed by atoms with van der Waals surface area (Å²) in [4.78, 5) is 26.1. The fraction of sp³-hybridized carbons (Fsp3) is 0.526. The molecule has 3 heterocycles. The molecule has 0 saturated carbocycles. The van der Waals surface area contributed by atoms with Crippen LogP contribution in [0.1, 0.15) is 29.8 Å². The van der Waals surface area contributed by atoms with Gasteiger partial charge in [-0.15, -0.1) is 0 Å². The number of carbonyl (C=O) groups excluding carboxylic acids is 1. The van der Waals surface area contributed by atoms with Crippen LogP contribution in [0, 0.1) is 0 Å². The van der Waals surface area contributed by atoms with Crippen LogP contribution in [0.2, 0.25) is 0 Å². The number of benzene rings is 1. The van der Waals surface area contributed by atoms with Gasteiger partial charge in [0.05, 0.1) is 23.3 Å². The molecule has 1 aromatic carbocycles. The number of fused-ring (bicyclic) bond motifs is 1. The molecular weight excluding hydrogens is 316 g/mol. The van der Waals surface area contributed by atoms with Crippen molar-refractivity contribution < 1.29 is 9.53 Å². The van der Waals surface area contributed by atoms with Crippen LogP contribution in [-0.2, 0) is 4.74 Å². The molecule has 132 valence electrons. The van der Waals surface area contributed by atoms with Crippen molar-refractivity contribution in [3.8, 4) is 0 Å².